The van der Waals surface area contributed by atoms with Crippen LogP contribution in [-0.2, 0) is 10.8 Å². The summed E-state index contributed by atoms with van der Waals surface area (Å²) in [6, 6.07) is 0. The van der Waals surface area contributed by atoms with E-state index in [0.29, 0.717) is 5.82 Å². The van der Waals surface area contributed by atoms with Crippen LogP contribution in [0.5, 0.6) is 0 Å². The highest BCUT2D eigenvalue weighted by atomic mass is 32.2. The van der Waals surface area contributed by atoms with Gasteiger partial charge in [-0.1, -0.05) is 6.08 Å². The number of nitrogens with zero attached hydrogens (tertiary/aromatic N) is 1. The van der Waals surface area contributed by atoms with Crippen LogP contribution >= 0.6 is 0 Å². The lowest BCUT2D eigenvalue weighted by atomic mass is 10.3. The molecular weight excluding hydrogens is 160 g/mol. The van der Waals surface area contributed by atoms with Gasteiger partial charge < -0.3 is 10.6 Å². The van der Waals surface area contributed by atoms with Crippen LogP contribution in [0.1, 0.15) is 0 Å². The molecule has 0 radical (unpaired) electrons. The molecule has 0 amide bonds. The summed E-state index contributed by atoms with van der Waals surface area (Å²) in [6.07, 6.45) is 7.18. The maximum Gasteiger partial charge on any atom is 0.124 e. The Morgan fingerprint density at radius 3 is 2.82 bits per heavy atom. The van der Waals surface area contributed by atoms with Crippen molar-refractivity contribution < 1.29 is 4.21 Å². The van der Waals surface area contributed by atoms with E-state index in [1.807, 2.05) is 19.2 Å². The van der Waals surface area contributed by atoms with Crippen LogP contribution in [0.15, 0.2) is 24.0 Å². The summed E-state index contributed by atoms with van der Waals surface area (Å²) in [5.74, 6) is 0.660. The van der Waals surface area contributed by atoms with Gasteiger partial charge in [-0.05, 0) is 12.2 Å². The van der Waals surface area contributed by atoms with E-state index in [-0.39, 0.29) is 5.37 Å². The van der Waals surface area contributed by atoms with Crippen LogP contribution in [-0.4, -0.2) is 27.8 Å². The molecule has 3 nitrogen and oxygen atoms in total. The van der Waals surface area contributed by atoms with Crippen molar-refractivity contribution >= 4 is 10.8 Å². The molecule has 0 fully saturated rings. The van der Waals surface area contributed by atoms with Gasteiger partial charge in [0, 0.05) is 24.1 Å². The fourth-order valence-electron chi connectivity index (χ4n) is 0.976. The molecule has 1 aliphatic rings. The summed E-state index contributed by atoms with van der Waals surface area (Å²) in [5.41, 5.74) is 5.61. The molecule has 2 atom stereocenters. The first-order valence-corrected chi connectivity index (χ1v) is 4.94. The van der Waals surface area contributed by atoms with Gasteiger partial charge in [0.2, 0.25) is 0 Å². The molecule has 0 aromatic carbocycles. The van der Waals surface area contributed by atoms with Crippen LogP contribution in [0.4, 0.5) is 0 Å². The third-order valence-electron chi connectivity index (χ3n) is 1.67. The molecule has 4 heteroatoms. The molecule has 62 valence electrons. The second-order valence-electron chi connectivity index (χ2n) is 2.48. The van der Waals surface area contributed by atoms with Crippen LogP contribution in [0.3, 0.4) is 0 Å². The highest BCUT2D eigenvalue weighted by Gasteiger charge is 2.17. The lowest BCUT2D eigenvalue weighted by molar-refractivity contribution is 0.418. The average molecular weight is 172 g/mol. The Balaban J connectivity index is 2.81. The Bertz CT molecular complexity index is 235. The van der Waals surface area contributed by atoms with Crippen molar-refractivity contribution in [1.82, 2.24) is 4.90 Å². The van der Waals surface area contributed by atoms with E-state index in [2.05, 4.69) is 0 Å². The Hall–Kier alpha value is -0.770. The molecule has 0 aromatic rings. The molecule has 11 heavy (non-hydrogen) atoms. The highest BCUT2D eigenvalue weighted by molar-refractivity contribution is 7.85. The van der Waals surface area contributed by atoms with Gasteiger partial charge in [-0.15, -0.1) is 0 Å². The summed E-state index contributed by atoms with van der Waals surface area (Å²) in [5, 5.41) is -0.0694. The predicted octanol–water partition coefficient (Wildman–Crippen LogP) is -0.00730. The van der Waals surface area contributed by atoms with Crippen LogP contribution in [0, 0.1) is 0 Å². The number of hydrogen-bond donors (Lipinski definition) is 1. The van der Waals surface area contributed by atoms with Crippen LogP contribution < -0.4 is 5.73 Å². The van der Waals surface area contributed by atoms with Crippen molar-refractivity contribution in [2.45, 2.75) is 5.37 Å². The molecular formula is C7H12N2OS. The number of allylic oxidation sites excluding steroid dienone is 2. The zero-order valence-electron chi connectivity index (χ0n) is 6.65. The van der Waals surface area contributed by atoms with E-state index >= 15 is 0 Å². The normalized spacial score (nSPS) is 26.5. The molecule has 0 saturated heterocycles. The molecule has 2 N–H and O–H groups in total. The van der Waals surface area contributed by atoms with Crippen molar-refractivity contribution in [3.63, 3.8) is 0 Å². The lowest BCUT2D eigenvalue weighted by Gasteiger charge is -2.27. The molecule has 0 bridgehead atoms. The Morgan fingerprint density at radius 2 is 2.36 bits per heavy atom. The first kappa shape index (κ1) is 8.33. The van der Waals surface area contributed by atoms with Crippen molar-refractivity contribution in [2.75, 3.05) is 13.3 Å². The summed E-state index contributed by atoms with van der Waals surface area (Å²) < 4.78 is 11.1. The van der Waals surface area contributed by atoms with Gasteiger partial charge in [0.05, 0.1) is 5.82 Å². The number of nitrogens with two attached hydrogens (primary N) is 1. The summed E-state index contributed by atoms with van der Waals surface area (Å²) in [6.45, 7) is 0. The third kappa shape index (κ3) is 1.63. The van der Waals surface area contributed by atoms with Crippen molar-refractivity contribution in [2.24, 2.45) is 5.73 Å². The molecule has 2 unspecified atom stereocenters. The van der Waals surface area contributed by atoms with E-state index in [4.69, 9.17) is 5.73 Å². The molecule has 0 spiro atoms. The van der Waals surface area contributed by atoms with E-state index in [1.165, 1.54) is 0 Å². The number of rotatable bonds is 1. The number of likely N-dealkylation sites (N-methyl/N-ethyl adjacent to an activating group) is 1. The highest BCUT2D eigenvalue weighted by Crippen LogP contribution is 2.11. The Labute approximate surface area is 69.0 Å². The Kier molecular flexibility index (Phi) is 2.34. The maximum atomic E-state index is 11.1. The summed E-state index contributed by atoms with van der Waals surface area (Å²) in [7, 11) is 0.950. The van der Waals surface area contributed by atoms with E-state index in [9.17, 15) is 4.21 Å². The molecule has 0 saturated carbocycles. The molecule has 0 aliphatic carbocycles. The fourth-order valence-corrected chi connectivity index (χ4v) is 1.86. The van der Waals surface area contributed by atoms with Crippen LogP contribution in [0.25, 0.3) is 0 Å². The quantitative estimate of drug-likeness (QED) is 0.605. The van der Waals surface area contributed by atoms with E-state index in [1.54, 1.807) is 17.2 Å². The SMILES string of the molecule is CN1C(N)=CC=CC1S(C)=O. The van der Waals surface area contributed by atoms with Gasteiger partial charge >= 0.3 is 0 Å². The number of hydrogen-bond acceptors (Lipinski definition) is 3. The second kappa shape index (κ2) is 3.09. The van der Waals surface area contributed by atoms with Gasteiger partial charge in [0.1, 0.15) is 5.37 Å². The predicted molar refractivity (Wildman–Crippen MR) is 47.0 cm³/mol. The first-order valence-electron chi connectivity index (χ1n) is 3.32. The molecule has 1 rings (SSSR count). The van der Waals surface area contributed by atoms with Crippen LogP contribution in [0.2, 0.25) is 0 Å². The largest absolute Gasteiger partial charge is 0.385 e. The molecule has 1 aliphatic heterocycles. The minimum absolute atomic E-state index is 0.0694. The monoisotopic (exact) mass is 172 g/mol. The first-order chi connectivity index (χ1) is 5.13. The fraction of sp³-hybridized carbons (Fsp3) is 0.429. The third-order valence-corrected chi connectivity index (χ3v) is 2.83. The second-order valence-corrected chi connectivity index (χ2v) is 3.96. The zero-order valence-corrected chi connectivity index (χ0v) is 7.47. The average Bonchev–Trinajstić information content (AvgIpc) is 1.94. The van der Waals surface area contributed by atoms with Crippen molar-refractivity contribution in [1.29, 1.82) is 0 Å². The van der Waals surface area contributed by atoms with Crippen molar-refractivity contribution in [3.05, 3.63) is 24.0 Å². The van der Waals surface area contributed by atoms with Crippen molar-refractivity contribution in [3.8, 4) is 0 Å². The molecule has 1 heterocycles. The summed E-state index contributed by atoms with van der Waals surface area (Å²) in [4.78, 5) is 1.80. The van der Waals surface area contributed by atoms with E-state index < -0.39 is 10.8 Å². The van der Waals surface area contributed by atoms with Gasteiger partial charge in [-0.2, -0.15) is 0 Å². The Morgan fingerprint density at radius 1 is 1.73 bits per heavy atom. The van der Waals surface area contributed by atoms with E-state index in [0.717, 1.165) is 0 Å². The lowest BCUT2D eigenvalue weighted by Crippen LogP contribution is -2.37. The standard InChI is InChI=1S/C7H12N2OS/c1-9-6(8)4-3-5-7(9)11(2)10/h3-5,7H,8H2,1-2H3. The minimum atomic E-state index is -0.885. The topological polar surface area (TPSA) is 46.3 Å². The van der Waals surface area contributed by atoms with Gasteiger partial charge in [0.25, 0.3) is 0 Å². The maximum absolute atomic E-state index is 11.1. The smallest absolute Gasteiger partial charge is 0.124 e. The zero-order chi connectivity index (χ0) is 8.43. The van der Waals surface area contributed by atoms with Gasteiger partial charge in [0.15, 0.2) is 0 Å². The van der Waals surface area contributed by atoms with Gasteiger partial charge in [-0.3, -0.25) is 4.21 Å². The van der Waals surface area contributed by atoms with Gasteiger partial charge in [-0.25, -0.2) is 0 Å². The minimum Gasteiger partial charge on any atom is -0.385 e. The molecule has 0 aromatic heterocycles. The summed E-state index contributed by atoms with van der Waals surface area (Å²) >= 11 is 0.